The molecule has 216 valence electrons. The van der Waals surface area contributed by atoms with Gasteiger partial charge >= 0.3 is 0 Å². The fourth-order valence-electron chi connectivity index (χ4n) is 3.47. The number of aliphatic hydroxyl groups is 1. The van der Waals surface area contributed by atoms with Crippen LogP contribution in [0.4, 0.5) is 17.2 Å². The van der Waals surface area contributed by atoms with Crippen LogP contribution in [0.5, 0.6) is 5.75 Å². The van der Waals surface area contributed by atoms with Crippen molar-refractivity contribution in [3.8, 4) is 5.75 Å². The molecular weight excluding hydrogens is 626 g/mol. The predicted molar refractivity (Wildman–Crippen MR) is 163 cm³/mol. The Bertz CT molecular complexity index is 1240. The molecule has 0 radical (unpaired) electrons. The Morgan fingerprint density at radius 3 is 2.42 bits per heavy atom. The van der Waals surface area contributed by atoms with Crippen molar-refractivity contribution < 1.29 is 28.8 Å². The van der Waals surface area contributed by atoms with Crippen molar-refractivity contribution in [1.82, 2.24) is 14.9 Å². The molecule has 0 aliphatic rings. The van der Waals surface area contributed by atoms with Gasteiger partial charge in [0, 0.05) is 33.3 Å². The number of rotatable bonds is 18. The van der Waals surface area contributed by atoms with E-state index in [-0.39, 0.29) is 19.1 Å². The first-order valence-corrected chi connectivity index (χ1v) is 13.9. The fourth-order valence-corrected chi connectivity index (χ4v) is 4.01. The summed E-state index contributed by atoms with van der Waals surface area (Å²) in [6.07, 6.45) is 4.78. The molecule has 0 aliphatic heterocycles. The molecule has 1 amide bonds. The summed E-state index contributed by atoms with van der Waals surface area (Å²) in [6, 6.07) is 11.5. The van der Waals surface area contributed by atoms with Gasteiger partial charge in [0.05, 0.1) is 57.5 Å². The highest BCUT2D eigenvalue weighted by molar-refractivity contribution is 14.1. The van der Waals surface area contributed by atoms with Crippen molar-refractivity contribution in [2.45, 2.75) is 0 Å². The third-order valence-electron chi connectivity index (χ3n) is 5.29. The number of hydrogen-bond donors (Lipinski definition) is 3. The van der Waals surface area contributed by atoms with Crippen molar-refractivity contribution in [3.05, 3.63) is 58.4 Å². The largest absolute Gasteiger partial charge is 0.489 e. The SMILES string of the molecule is CN(C)C/C=C/C(=O)Nc1cc2c(Nc3cccc([124I])c3)ncnc2cc1OCCOCCOCCOCCO. The summed E-state index contributed by atoms with van der Waals surface area (Å²) in [4.78, 5) is 23.5. The second-order valence-electron chi connectivity index (χ2n) is 8.79. The predicted octanol–water partition coefficient (Wildman–Crippen LogP) is 3.46. The molecule has 1 aromatic heterocycles. The smallest absolute Gasteiger partial charge is 0.248 e. The van der Waals surface area contributed by atoms with Crippen LogP contribution in [0.2, 0.25) is 0 Å². The maximum Gasteiger partial charge on any atom is 0.248 e. The van der Waals surface area contributed by atoms with E-state index in [0.717, 1.165) is 14.6 Å². The summed E-state index contributed by atoms with van der Waals surface area (Å²) in [5.41, 5.74) is 2.05. The molecule has 2 aromatic carbocycles. The summed E-state index contributed by atoms with van der Waals surface area (Å²) in [6.45, 7) is 3.23. The number of nitrogens with one attached hydrogen (secondary N) is 2. The summed E-state index contributed by atoms with van der Waals surface area (Å²) in [7, 11) is 3.86. The molecule has 40 heavy (non-hydrogen) atoms. The lowest BCUT2D eigenvalue weighted by molar-refractivity contribution is -0.111. The maximum absolute atomic E-state index is 12.7. The first kappa shape index (κ1) is 31.6. The van der Waals surface area contributed by atoms with Gasteiger partial charge in [0.1, 0.15) is 24.5 Å². The van der Waals surface area contributed by atoms with Crippen molar-refractivity contribution >= 4 is 56.6 Å². The number of aromatic nitrogens is 2. The van der Waals surface area contributed by atoms with E-state index in [1.165, 1.54) is 12.4 Å². The number of aliphatic hydroxyl groups excluding tert-OH is 1. The Morgan fingerprint density at radius 1 is 1.00 bits per heavy atom. The Hall–Kier alpha value is -2.88. The van der Waals surface area contributed by atoms with Gasteiger partial charge in [0.2, 0.25) is 5.91 Å². The number of hydrogen-bond acceptors (Lipinski definition) is 10. The van der Waals surface area contributed by atoms with E-state index >= 15 is 0 Å². The van der Waals surface area contributed by atoms with Gasteiger partial charge in [-0.2, -0.15) is 0 Å². The Balaban J connectivity index is 1.67. The van der Waals surface area contributed by atoms with Gasteiger partial charge in [0.15, 0.2) is 0 Å². The summed E-state index contributed by atoms with van der Waals surface area (Å²) < 4.78 is 23.2. The molecule has 0 fully saturated rings. The topological polar surface area (TPSA) is 127 Å². The summed E-state index contributed by atoms with van der Waals surface area (Å²) in [5.74, 6) is 0.815. The molecule has 1 heterocycles. The number of ether oxygens (including phenoxy) is 4. The lowest BCUT2D eigenvalue weighted by Crippen LogP contribution is -2.15. The second-order valence-corrected chi connectivity index (χ2v) is 10.0. The lowest BCUT2D eigenvalue weighted by Gasteiger charge is -2.15. The molecule has 3 N–H and O–H groups in total. The summed E-state index contributed by atoms with van der Waals surface area (Å²) in [5, 5.41) is 15.7. The monoisotopic (exact) mass is 662 g/mol. The van der Waals surface area contributed by atoms with Gasteiger partial charge in [-0.15, -0.1) is 0 Å². The Labute approximate surface area is 248 Å². The average molecular weight is 663 g/mol. The van der Waals surface area contributed by atoms with E-state index in [9.17, 15) is 4.79 Å². The third-order valence-corrected chi connectivity index (χ3v) is 5.96. The van der Waals surface area contributed by atoms with E-state index in [1.807, 2.05) is 49.3 Å². The van der Waals surface area contributed by atoms with E-state index in [2.05, 4.69) is 43.2 Å². The van der Waals surface area contributed by atoms with Crippen LogP contribution in [0.25, 0.3) is 10.9 Å². The minimum atomic E-state index is -0.272. The molecule has 0 aliphatic carbocycles. The molecular formula is C28H36IN5O6. The summed E-state index contributed by atoms with van der Waals surface area (Å²) >= 11 is 2.26. The molecule has 0 saturated heterocycles. The first-order valence-electron chi connectivity index (χ1n) is 12.9. The van der Waals surface area contributed by atoms with Crippen LogP contribution in [0, 0.1) is 3.57 Å². The molecule has 0 saturated carbocycles. The number of nitrogens with zero attached hydrogens (tertiary/aromatic N) is 3. The van der Waals surface area contributed by atoms with Crippen molar-refractivity contribution in [1.29, 1.82) is 0 Å². The van der Waals surface area contributed by atoms with Crippen LogP contribution in [0.3, 0.4) is 0 Å². The number of halogens is 1. The molecule has 3 rings (SSSR count). The first-order chi connectivity index (χ1) is 19.5. The zero-order valence-corrected chi connectivity index (χ0v) is 24.9. The number of carbonyl (C=O) groups is 1. The maximum atomic E-state index is 12.7. The number of carbonyl (C=O) groups excluding carboxylic acids is 1. The Morgan fingerprint density at radius 2 is 1.73 bits per heavy atom. The number of amides is 1. The Kier molecular flexibility index (Phi) is 14.0. The molecule has 0 bridgehead atoms. The van der Waals surface area contributed by atoms with Gasteiger partial charge < -0.3 is 39.6 Å². The minimum absolute atomic E-state index is 0.00295. The minimum Gasteiger partial charge on any atom is -0.489 e. The molecule has 0 unspecified atom stereocenters. The van der Waals surface area contributed by atoms with Gasteiger partial charge in [-0.3, -0.25) is 4.79 Å². The van der Waals surface area contributed by atoms with Gasteiger partial charge in [0.25, 0.3) is 0 Å². The molecule has 11 nitrogen and oxygen atoms in total. The van der Waals surface area contributed by atoms with Gasteiger partial charge in [-0.25, -0.2) is 9.97 Å². The number of benzene rings is 2. The molecule has 0 atom stereocenters. The van der Waals surface area contributed by atoms with Gasteiger partial charge in [-0.05, 0) is 61.0 Å². The van der Waals surface area contributed by atoms with E-state index in [1.54, 1.807) is 12.1 Å². The van der Waals surface area contributed by atoms with E-state index in [0.29, 0.717) is 69.0 Å². The van der Waals surface area contributed by atoms with Crippen LogP contribution in [0.15, 0.2) is 54.9 Å². The van der Waals surface area contributed by atoms with E-state index < -0.39 is 0 Å². The molecule has 12 heteroatoms. The molecule has 3 aromatic rings. The fraction of sp³-hybridized carbons (Fsp3) is 0.393. The molecule has 0 spiro atoms. The van der Waals surface area contributed by atoms with Crippen LogP contribution < -0.4 is 15.4 Å². The van der Waals surface area contributed by atoms with Crippen LogP contribution in [0.1, 0.15) is 0 Å². The van der Waals surface area contributed by atoms with Gasteiger partial charge in [-0.1, -0.05) is 12.1 Å². The highest BCUT2D eigenvalue weighted by Gasteiger charge is 2.13. The quantitative estimate of drug-likeness (QED) is 0.106. The zero-order valence-electron chi connectivity index (χ0n) is 22.8. The van der Waals surface area contributed by atoms with Crippen LogP contribution in [-0.2, 0) is 19.0 Å². The normalized spacial score (nSPS) is 11.4. The second kappa shape index (κ2) is 17.7. The van der Waals surface area contributed by atoms with Crippen molar-refractivity contribution in [2.75, 3.05) is 84.1 Å². The third kappa shape index (κ3) is 11.3. The lowest BCUT2D eigenvalue weighted by atomic mass is 10.1. The highest BCUT2D eigenvalue weighted by Crippen LogP contribution is 2.33. The van der Waals surface area contributed by atoms with E-state index in [4.69, 9.17) is 24.1 Å². The number of fused-ring (bicyclic) bond motifs is 1. The van der Waals surface area contributed by atoms with Crippen LogP contribution >= 0.6 is 22.6 Å². The highest BCUT2D eigenvalue weighted by atomic mass is 124. The number of anilines is 3. The van der Waals surface area contributed by atoms with Crippen LogP contribution in [-0.4, -0.2) is 99.4 Å². The van der Waals surface area contributed by atoms with Crippen molar-refractivity contribution in [3.63, 3.8) is 0 Å². The standard InChI is InChI=1S/C28H36IN5O6/c1-34(2)8-4-7-27(36)33-25-18-23-24(30-20-31-28(23)32-22-6-3-5-21(29)17-22)19-26(25)40-16-15-39-14-13-38-12-11-37-10-9-35/h3-7,17-20,35H,8-16H2,1-2H3,(H,33,36)(H,30,31,32)/b7-4+/i29-3. The average Bonchev–Trinajstić information content (AvgIpc) is 2.92. The number of likely N-dealkylation sites (N-methyl/N-ethyl adjacent to an activating group) is 1. The van der Waals surface area contributed by atoms with Crippen molar-refractivity contribution in [2.24, 2.45) is 0 Å². The zero-order chi connectivity index (χ0) is 28.6.